The lowest BCUT2D eigenvalue weighted by Gasteiger charge is -2.41. The highest BCUT2D eigenvalue weighted by Gasteiger charge is 2.41. The first-order valence-electron chi connectivity index (χ1n) is 11.0. The first-order chi connectivity index (χ1) is 13.7. The zero-order valence-electron chi connectivity index (χ0n) is 17.3. The molecule has 1 aromatic carbocycles. The van der Waals surface area contributed by atoms with Crippen LogP contribution >= 0.6 is 0 Å². The molecule has 1 aromatic rings. The Labute approximate surface area is 169 Å². The number of ether oxygens (including phenoxy) is 2. The third-order valence-electron chi connectivity index (χ3n) is 6.68. The van der Waals surface area contributed by atoms with Gasteiger partial charge in [0.1, 0.15) is 5.75 Å². The topological polar surface area (TPSA) is 42.0 Å². The number of benzene rings is 1. The van der Waals surface area contributed by atoms with E-state index in [0.29, 0.717) is 5.92 Å². The first kappa shape index (κ1) is 19.7. The molecule has 0 spiro atoms. The molecule has 0 saturated carbocycles. The van der Waals surface area contributed by atoms with Crippen LogP contribution in [0.5, 0.6) is 5.75 Å². The van der Waals surface area contributed by atoms with Crippen LogP contribution in [0.15, 0.2) is 24.3 Å². The SMILES string of the molecule is CCOCCC1C[C@H]2CC[C@@H](C1)N2C[C@@H](C)CN1C(=O)COc2ccccc21. The molecule has 5 nitrogen and oxygen atoms in total. The molecule has 0 radical (unpaired) electrons. The fraction of sp³-hybridized carbons (Fsp3) is 0.696. The van der Waals surface area contributed by atoms with E-state index in [1.807, 2.05) is 29.2 Å². The maximum atomic E-state index is 12.5. The van der Waals surface area contributed by atoms with Gasteiger partial charge < -0.3 is 14.4 Å². The van der Waals surface area contributed by atoms with Crippen molar-refractivity contribution in [1.29, 1.82) is 0 Å². The molecule has 4 atom stereocenters. The van der Waals surface area contributed by atoms with Crippen LogP contribution in [0.25, 0.3) is 0 Å². The van der Waals surface area contributed by atoms with Gasteiger partial charge in [0.25, 0.3) is 5.91 Å². The molecule has 5 heteroatoms. The molecule has 4 rings (SSSR count). The molecule has 0 aliphatic carbocycles. The summed E-state index contributed by atoms with van der Waals surface area (Å²) < 4.78 is 11.2. The molecule has 1 unspecified atom stereocenters. The number of carbonyl (C=O) groups is 1. The lowest BCUT2D eigenvalue weighted by atomic mass is 9.88. The van der Waals surface area contributed by atoms with E-state index >= 15 is 0 Å². The predicted molar refractivity (Wildman–Crippen MR) is 111 cm³/mol. The summed E-state index contributed by atoms with van der Waals surface area (Å²) in [5.74, 6) is 2.16. The maximum absolute atomic E-state index is 12.5. The van der Waals surface area contributed by atoms with E-state index in [1.165, 1.54) is 32.1 Å². The molecule has 2 fully saturated rings. The van der Waals surface area contributed by atoms with Crippen LogP contribution in [-0.4, -0.2) is 55.8 Å². The van der Waals surface area contributed by atoms with Gasteiger partial charge in [0.05, 0.1) is 5.69 Å². The lowest BCUT2D eigenvalue weighted by molar-refractivity contribution is -0.121. The van der Waals surface area contributed by atoms with E-state index in [-0.39, 0.29) is 12.5 Å². The fourth-order valence-electron chi connectivity index (χ4n) is 5.40. The average Bonchev–Trinajstić information content (AvgIpc) is 2.92. The summed E-state index contributed by atoms with van der Waals surface area (Å²) >= 11 is 0. The van der Waals surface area contributed by atoms with Gasteiger partial charge in [-0.15, -0.1) is 0 Å². The summed E-state index contributed by atoms with van der Waals surface area (Å²) in [5.41, 5.74) is 0.920. The minimum Gasteiger partial charge on any atom is -0.482 e. The summed E-state index contributed by atoms with van der Waals surface area (Å²) in [6.45, 7) is 8.10. The number of carbonyl (C=O) groups excluding carboxylic acids is 1. The molecule has 3 aliphatic rings. The molecule has 0 aromatic heterocycles. The summed E-state index contributed by atoms with van der Waals surface area (Å²) in [6, 6.07) is 9.33. The van der Waals surface area contributed by atoms with Crippen molar-refractivity contribution in [1.82, 2.24) is 4.90 Å². The van der Waals surface area contributed by atoms with Crippen molar-refractivity contribution in [3.63, 3.8) is 0 Å². The van der Waals surface area contributed by atoms with Gasteiger partial charge in [0.2, 0.25) is 0 Å². The van der Waals surface area contributed by atoms with Gasteiger partial charge in [-0.1, -0.05) is 19.1 Å². The molecule has 0 N–H and O–H groups in total. The Balaban J connectivity index is 1.34. The number of rotatable bonds is 8. The first-order valence-corrected chi connectivity index (χ1v) is 11.0. The van der Waals surface area contributed by atoms with Gasteiger partial charge in [-0.2, -0.15) is 0 Å². The maximum Gasteiger partial charge on any atom is 0.265 e. The van der Waals surface area contributed by atoms with E-state index in [4.69, 9.17) is 9.47 Å². The van der Waals surface area contributed by atoms with Crippen LogP contribution < -0.4 is 9.64 Å². The summed E-state index contributed by atoms with van der Waals surface area (Å²) in [5, 5.41) is 0. The number of hydrogen-bond donors (Lipinski definition) is 0. The van der Waals surface area contributed by atoms with E-state index in [2.05, 4.69) is 18.7 Å². The van der Waals surface area contributed by atoms with Crippen molar-refractivity contribution in [2.75, 3.05) is 37.8 Å². The number of amides is 1. The summed E-state index contributed by atoms with van der Waals surface area (Å²) in [6.07, 6.45) is 6.51. The normalized spacial score (nSPS) is 28.1. The number of para-hydroxylation sites is 2. The van der Waals surface area contributed by atoms with Crippen LogP contribution in [0, 0.1) is 11.8 Å². The highest BCUT2D eigenvalue weighted by molar-refractivity contribution is 5.97. The summed E-state index contributed by atoms with van der Waals surface area (Å²) in [7, 11) is 0. The Morgan fingerprint density at radius 2 is 1.93 bits per heavy atom. The molecule has 3 heterocycles. The highest BCUT2D eigenvalue weighted by Crippen LogP contribution is 2.40. The third kappa shape index (κ3) is 4.20. The largest absolute Gasteiger partial charge is 0.482 e. The van der Waals surface area contributed by atoms with Gasteiger partial charge >= 0.3 is 0 Å². The number of piperidine rings is 1. The molecule has 2 saturated heterocycles. The van der Waals surface area contributed by atoms with Crippen molar-refractivity contribution >= 4 is 11.6 Å². The number of anilines is 1. The number of nitrogens with zero attached hydrogens (tertiary/aromatic N) is 2. The van der Waals surface area contributed by atoms with Gasteiger partial charge in [0, 0.05) is 38.4 Å². The van der Waals surface area contributed by atoms with Crippen molar-refractivity contribution in [3.05, 3.63) is 24.3 Å². The molecule has 28 heavy (non-hydrogen) atoms. The Hall–Kier alpha value is -1.59. The van der Waals surface area contributed by atoms with Crippen LogP contribution in [0.3, 0.4) is 0 Å². The predicted octanol–water partition coefficient (Wildman–Crippen LogP) is 3.72. The lowest BCUT2D eigenvalue weighted by Crippen LogP contribution is -2.48. The monoisotopic (exact) mass is 386 g/mol. The Bertz CT molecular complexity index is 666. The number of fused-ring (bicyclic) bond motifs is 3. The van der Waals surface area contributed by atoms with Crippen molar-refractivity contribution < 1.29 is 14.3 Å². The van der Waals surface area contributed by atoms with E-state index in [9.17, 15) is 4.79 Å². The zero-order valence-corrected chi connectivity index (χ0v) is 17.3. The minimum absolute atomic E-state index is 0.0724. The quantitative estimate of drug-likeness (QED) is 0.639. The van der Waals surface area contributed by atoms with E-state index < -0.39 is 0 Å². The standard InChI is InChI=1S/C23H34N2O3/c1-3-27-11-10-18-12-19-8-9-20(13-18)24(19)14-17(2)15-25-21-6-4-5-7-22(21)28-16-23(25)26/h4-7,17-20H,3,8-16H2,1-2H3/t17-,18?,19-,20+/m1/s1. The second-order valence-electron chi connectivity index (χ2n) is 8.77. The molecule has 154 valence electrons. The van der Waals surface area contributed by atoms with Gasteiger partial charge in [-0.25, -0.2) is 0 Å². The van der Waals surface area contributed by atoms with Crippen molar-refractivity contribution in [2.45, 2.75) is 58.0 Å². The van der Waals surface area contributed by atoms with Gasteiger partial charge in [-0.05, 0) is 63.0 Å². The van der Waals surface area contributed by atoms with Crippen molar-refractivity contribution in [3.8, 4) is 5.75 Å². The van der Waals surface area contributed by atoms with Gasteiger partial charge in [0.15, 0.2) is 6.61 Å². The average molecular weight is 387 g/mol. The van der Waals surface area contributed by atoms with E-state index in [1.54, 1.807) is 0 Å². The highest BCUT2D eigenvalue weighted by atomic mass is 16.5. The Morgan fingerprint density at radius 1 is 1.18 bits per heavy atom. The molecule has 2 bridgehead atoms. The second-order valence-corrected chi connectivity index (χ2v) is 8.77. The molecule has 1 amide bonds. The summed E-state index contributed by atoms with van der Waals surface area (Å²) in [4.78, 5) is 17.1. The molecule has 3 aliphatic heterocycles. The van der Waals surface area contributed by atoms with E-state index in [0.717, 1.165) is 55.7 Å². The Morgan fingerprint density at radius 3 is 2.68 bits per heavy atom. The Kier molecular flexibility index (Phi) is 6.22. The van der Waals surface area contributed by atoms with Crippen LogP contribution in [0.1, 0.15) is 46.0 Å². The smallest absolute Gasteiger partial charge is 0.265 e. The number of hydrogen-bond acceptors (Lipinski definition) is 4. The van der Waals surface area contributed by atoms with Crippen LogP contribution in [0.4, 0.5) is 5.69 Å². The van der Waals surface area contributed by atoms with Gasteiger partial charge in [-0.3, -0.25) is 9.69 Å². The zero-order chi connectivity index (χ0) is 19.5. The fourth-order valence-corrected chi connectivity index (χ4v) is 5.40. The molecular weight excluding hydrogens is 352 g/mol. The van der Waals surface area contributed by atoms with Crippen molar-refractivity contribution in [2.24, 2.45) is 11.8 Å². The molecular formula is C23H34N2O3. The second kappa shape index (κ2) is 8.83. The third-order valence-corrected chi connectivity index (χ3v) is 6.68. The minimum atomic E-state index is 0.0724. The van der Waals surface area contributed by atoms with Crippen LogP contribution in [-0.2, 0) is 9.53 Å². The van der Waals surface area contributed by atoms with Crippen LogP contribution in [0.2, 0.25) is 0 Å².